The van der Waals surface area contributed by atoms with Crippen LogP contribution >= 0.6 is 22.9 Å². The third kappa shape index (κ3) is 3.85. The topological polar surface area (TPSA) is 66.0 Å². The van der Waals surface area contributed by atoms with Gasteiger partial charge in [0, 0.05) is 41.7 Å². The van der Waals surface area contributed by atoms with Gasteiger partial charge in [0.25, 0.3) is 5.91 Å². The first-order chi connectivity index (χ1) is 16.4. The van der Waals surface area contributed by atoms with Crippen LogP contribution in [0.2, 0.25) is 5.02 Å². The van der Waals surface area contributed by atoms with Gasteiger partial charge in [-0.1, -0.05) is 37.4 Å². The number of aromatic amines is 1. The van der Waals surface area contributed by atoms with Crippen LogP contribution in [0.15, 0.2) is 55.4 Å². The van der Waals surface area contributed by atoms with Crippen LogP contribution in [0.5, 0.6) is 0 Å². The Kier molecular flexibility index (Phi) is 5.83. The molecule has 8 heteroatoms. The first kappa shape index (κ1) is 22.5. The second kappa shape index (κ2) is 8.81. The minimum Gasteiger partial charge on any atom is -0.370 e. The number of carbonyl (C=O) groups is 1. The predicted molar refractivity (Wildman–Crippen MR) is 142 cm³/mol. The summed E-state index contributed by atoms with van der Waals surface area (Å²) in [6, 6.07) is 7.91. The minimum absolute atomic E-state index is 0.0424. The Labute approximate surface area is 206 Å². The lowest BCUT2D eigenvalue weighted by Crippen LogP contribution is -2.46. The molecule has 6 nitrogen and oxygen atoms in total. The van der Waals surface area contributed by atoms with Crippen LogP contribution in [0.1, 0.15) is 28.1 Å². The number of nitrogens with one attached hydrogen (secondary N) is 2. The van der Waals surface area contributed by atoms with Crippen molar-refractivity contribution in [3.8, 4) is 5.69 Å². The van der Waals surface area contributed by atoms with Crippen molar-refractivity contribution in [2.75, 3.05) is 13.1 Å². The molecular formula is C26H26ClN5OS. The van der Waals surface area contributed by atoms with Crippen molar-refractivity contribution < 1.29 is 4.79 Å². The number of piperidine rings is 1. The Morgan fingerprint density at radius 1 is 1.38 bits per heavy atom. The van der Waals surface area contributed by atoms with Crippen LogP contribution in [0.3, 0.4) is 0 Å². The molecule has 34 heavy (non-hydrogen) atoms. The number of carbonyl (C=O) groups excluding carboxylic acids is 1. The molecule has 0 radical (unpaired) electrons. The number of likely N-dealkylation sites (tertiary alicyclic amines) is 1. The molecule has 0 bridgehead atoms. The van der Waals surface area contributed by atoms with Gasteiger partial charge in [0.15, 0.2) is 0 Å². The maximum Gasteiger partial charge on any atom is 0.263 e. The molecule has 1 aliphatic heterocycles. The lowest BCUT2D eigenvalue weighted by Gasteiger charge is -2.34. The van der Waals surface area contributed by atoms with Gasteiger partial charge >= 0.3 is 0 Å². The number of nitrogens with zero attached hydrogens (tertiary/aromatic N) is 3. The summed E-state index contributed by atoms with van der Waals surface area (Å²) in [7, 11) is 0. The van der Waals surface area contributed by atoms with Gasteiger partial charge in [-0.25, -0.2) is 4.98 Å². The molecule has 2 N–H and O–H groups in total. The van der Waals surface area contributed by atoms with E-state index < -0.39 is 0 Å². The zero-order valence-corrected chi connectivity index (χ0v) is 20.6. The van der Waals surface area contributed by atoms with Crippen molar-refractivity contribution in [1.29, 1.82) is 0 Å². The largest absolute Gasteiger partial charge is 0.370 e. The van der Waals surface area contributed by atoms with Crippen LogP contribution in [0.4, 0.5) is 0 Å². The van der Waals surface area contributed by atoms with E-state index in [4.69, 9.17) is 11.6 Å². The molecule has 1 fully saturated rings. The number of aromatic nitrogens is 3. The first-order valence-corrected chi connectivity index (χ1v) is 12.4. The molecule has 1 amide bonds. The number of H-pyrrole nitrogens is 1. The summed E-state index contributed by atoms with van der Waals surface area (Å²) in [5.74, 6) is -0.104. The van der Waals surface area contributed by atoms with E-state index in [0.29, 0.717) is 15.4 Å². The van der Waals surface area contributed by atoms with Crippen molar-refractivity contribution in [2.45, 2.75) is 25.8 Å². The van der Waals surface area contributed by atoms with E-state index in [0.717, 1.165) is 64.1 Å². The van der Waals surface area contributed by atoms with E-state index in [9.17, 15) is 4.79 Å². The number of amides is 1. The van der Waals surface area contributed by atoms with Gasteiger partial charge in [0.1, 0.15) is 15.2 Å². The maximum atomic E-state index is 13.4. The molecule has 1 saturated heterocycles. The monoisotopic (exact) mass is 491 g/mol. The fourth-order valence-corrected chi connectivity index (χ4v) is 5.77. The summed E-state index contributed by atoms with van der Waals surface area (Å²) in [5, 5.41) is 4.82. The molecule has 1 atom stereocenters. The Morgan fingerprint density at radius 2 is 2.21 bits per heavy atom. The van der Waals surface area contributed by atoms with Gasteiger partial charge in [-0.3, -0.25) is 9.36 Å². The molecule has 0 saturated carbocycles. The van der Waals surface area contributed by atoms with E-state index in [1.165, 1.54) is 11.3 Å². The number of aryl methyl sites for hydroxylation is 1. The molecule has 4 aromatic rings. The van der Waals surface area contributed by atoms with E-state index in [-0.39, 0.29) is 11.9 Å². The van der Waals surface area contributed by atoms with E-state index >= 15 is 0 Å². The third-order valence-electron chi connectivity index (χ3n) is 6.37. The van der Waals surface area contributed by atoms with Crippen molar-refractivity contribution in [3.05, 3.63) is 76.3 Å². The molecular weight excluding hydrogens is 466 g/mol. The van der Waals surface area contributed by atoms with Crippen molar-refractivity contribution >= 4 is 56.7 Å². The SMILES string of the molecule is C=CC(=C)N1CCC[C@@H](NC(=O)c2sc3nccc4c3c2[nH]c(=C)n4-c2ccc(C)c(Cl)c2)C1. The Morgan fingerprint density at radius 3 is 2.97 bits per heavy atom. The summed E-state index contributed by atoms with van der Waals surface area (Å²) in [6.07, 6.45) is 5.45. The number of rotatable bonds is 5. The molecule has 4 heterocycles. The Hall–Kier alpha value is -3.29. The molecule has 0 aliphatic carbocycles. The van der Waals surface area contributed by atoms with Crippen LogP contribution in [-0.4, -0.2) is 44.5 Å². The molecule has 5 rings (SSSR count). The van der Waals surface area contributed by atoms with Crippen LogP contribution < -0.4 is 10.8 Å². The summed E-state index contributed by atoms with van der Waals surface area (Å²) in [5.41, 5.74) is 5.12. The molecule has 0 unspecified atom stereocenters. The highest BCUT2D eigenvalue weighted by Crippen LogP contribution is 2.34. The normalized spacial score (nSPS) is 16.2. The average molecular weight is 492 g/mol. The summed E-state index contributed by atoms with van der Waals surface area (Å²) in [6.45, 7) is 15.7. The molecule has 0 spiro atoms. The second-order valence-corrected chi connectivity index (χ2v) is 10.0. The van der Waals surface area contributed by atoms with Gasteiger partial charge in [0.05, 0.1) is 16.4 Å². The maximum absolute atomic E-state index is 13.4. The van der Waals surface area contributed by atoms with Gasteiger partial charge in [-0.2, -0.15) is 0 Å². The number of halogens is 1. The molecule has 174 valence electrons. The highest BCUT2D eigenvalue weighted by Gasteiger charge is 2.25. The van der Waals surface area contributed by atoms with Gasteiger partial charge < -0.3 is 15.2 Å². The number of pyridine rings is 1. The standard InChI is InChI=1S/C26H26ClN5OS/c1-5-16(3)31-12-6-7-18(14-31)30-25(33)24-23-22-21(10-11-28-26(22)34-24)32(17(4)29-23)19-9-8-15(2)20(27)13-19/h5,8-11,13,18,29H,1,3-4,6-7,12,14H2,2H3,(H,30,33)/t18-/m1/s1. The molecule has 3 aromatic heterocycles. The van der Waals surface area contributed by atoms with E-state index in [1.54, 1.807) is 12.3 Å². The van der Waals surface area contributed by atoms with Gasteiger partial charge in [0.2, 0.25) is 0 Å². The van der Waals surface area contributed by atoms with E-state index in [2.05, 4.69) is 39.9 Å². The predicted octanol–water partition coefficient (Wildman–Crippen LogP) is 5.12. The number of hydrogen-bond acceptors (Lipinski definition) is 4. The minimum atomic E-state index is -0.104. The van der Waals surface area contributed by atoms with Crippen molar-refractivity contribution in [3.63, 3.8) is 0 Å². The zero-order chi connectivity index (χ0) is 24.0. The molecule has 1 aliphatic rings. The third-order valence-corrected chi connectivity index (χ3v) is 7.87. The quantitative estimate of drug-likeness (QED) is 0.381. The number of benzene rings is 1. The summed E-state index contributed by atoms with van der Waals surface area (Å²) >= 11 is 7.80. The van der Waals surface area contributed by atoms with Crippen molar-refractivity contribution in [2.24, 2.45) is 0 Å². The average Bonchev–Trinajstić information content (AvgIpc) is 3.20. The van der Waals surface area contributed by atoms with Crippen LogP contribution in [0, 0.1) is 6.92 Å². The lowest BCUT2D eigenvalue weighted by atomic mass is 10.0. The number of allylic oxidation sites excluding steroid dienone is 1. The van der Waals surface area contributed by atoms with Gasteiger partial charge in [-0.05, 0) is 49.6 Å². The number of hydrogen-bond donors (Lipinski definition) is 2. The second-order valence-electron chi connectivity index (χ2n) is 8.61. The highest BCUT2D eigenvalue weighted by atomic mass is 35.5. The molecule has 1 aromatic carbocycles. The van der Waals surface area contributed by atoms with Crippen LogP contribution in [-0.2, 0) is 0 Å². The van der Waals surface area contributed by atoms with E-state index in [1.807, 2.05) is 35.8 Å². The van der Waals surface area contributed by atoms with Crippen LogP contribution in [0.25, 0.3) is 33.5 Å². The van der Waals surface area contributed by atoms with Crippen molar-refractivity contribution in [1.82, 2.24) is 24.8 Å². The number of thiophene rings is 1. The summed E-state index contributed by atoms with van der Waals surface area (Å²) < 4.78 is 2.01. The Bertz CT molecular complexity index is 1510. The first-order valence-electron chi connectivity index (χ1n) is 11.2. The summed E-state index contributed by atoms with van der Waals surface area (Å²) in [4.78, 5) is 24.9. The highest BCUT2D eigenvalue weighted by molar-refractivity contribution is 7.21. The Balaban J connectivity index is 1.55. The van der Waals surface area contributed by atoms with Gasteiger partial charge in [-0.15, -0.1) is 11.3 Å². The fourth-order valence-electron chi connectivity index (χ4n) is 4.57. The smallest absolute Gasteiger partial charge is 0.263 e. The lowest BCUT2D eigenvalue weighted by molar-refractivity contribution is 0.0920. The fraction of sp³-hybridized carbons (Fsp3) is 0.231. The zero-order valence-electron chi connectivity index (χ0n) is 19.0.